The number of pyridine rings is 1. The van der Waals surface area contributed by atoms with Crippen molar-refractivity contribution in [1.82, 2.24) is 4.98 Å². The maximum Gasteiger partial charge on any atom is 0.337 e. The van der Waals surface area contributed by atoms with Crippen LogP contribution in [0.4, 0.5) is 11.4 Å². The summed E-state index contributed by atoms with van der Waals surface area (Å²) in [6, 6.07) is 19.2. The van der Waals surface area contributed by atoms with Crippen molar-refractivity contribution < 1.29 is 9.90 Å². The Hall–Kier alpha value is -3.14. The van der Waals surface area contributed by atoms with Crippen LogP contribution in [0.1, 0.15) is 40.0 Å². The fourth-order valence-electron chi connectivity index (χ4n) is 3.28. The van der Waals surface area contributed by atoms with Crippen molar-refractivity contribution >= 4 is 17.3 Å². The van der Waals surface area contributed by atoms with Gasteiger partial charge in [-0.1, -0.05) is 37.3 Å². The molecule has 0 fully saturated rings. The molecule has 0 aliphatic heterocycles. The number of nitrogens with zero attached hydrogens (tertiary/aromatic N) is 2. The van der Waals surface area contributed by atoms with E-state index in [2.05, 4.69) is 36.7 Å². The molecule has 1 heterocycles. The molecule has 0 spiro atoms. The molecule has 4 nitrogen and oxygen atoms in total. The number of aromatic nitrogens is 1. The lowest BCUT2D eigenvalue weighted by atomic mass is 10.0. The highest BCUT2D eigenvalue weighted by Crippen LogP contribution is 2.34. The van der Waals surface area contributed by atoms with E-state index in [4.69, 9.17) is 0 Å². The monoisotopic (exact) mass is 360 g/mol. The molecule has 138 valence electrons. The second kappa shape index (κ2) is 8.04. The number of para-hydroxylation sites is 1. The van der Waals surface area contributed by atoms with Crippen molar-refractivity contribution in [3.63, 3.8) is 0 Å². The van der Waals surface area contributed by atoms with E-state index in [1.807, 2.05) is 42.5 Å². The second-order valence-electron chi connectivity index (χ2n) is 6.81. The van der Waals surface area contributed by atoms with Gasteiger partial charge in [0.15, 0.2) is 0 Å². The number of hydrogen-bond donors (Lipinski definition) is 1. The normalized spacial score (nSPS) is 11.8. The quantitative estimate of drug-likeness (QED) is 0.645. The SMILES string of the molecule is Cc1cccc(N(CC(C)c2ccccn2)c2ccccc2C(=O)O)c1C. The van der Waals surface area contributed by atoms with Crippen LogP contribution in [0.5, 0.6) is 0 Å². The molecule has 1 N–H and O–H groups in total. The Morgan fingerprint density at radius 2 is 1.70 bits per heavy atom. The molecular formula is C23H24N2O2. The zero-order chi connectivity index (χ0) is 19.4. The van der Waals surface area contributed by atoms with Crippen molar-refractivity contribution in [2.24, 2.45) is 0 Å². The minimum atomic E-state index is -0.925. The summed E-state index contributed by atoms with van der Waals surface area (Å²) in [6.45, 7) is 6.89. The summed E-state index contributed by atoms with van der Waals surface area (Å²) in [5.41, 5.74) is 5.32. The van der Waals surface area contributed by atoms with Gasteiger partial charge >= 0.3 is 5.97 Å². The summed E-state index contributed by atoms with van der Waals surface area (Å²) in [5, 5.41) is 9.70. The fraction of sp³-hybridized carbons (Fsp3) is 0.217. The van der Waals surface area contributed by atoms with Crippen LogP contribution in [0, 0.1) is 13.8 Å². The van der Waals surface area contributed by atoms with Crippen LogP contribution >= 0.6 is 0 Å². The third-order valence-corrected chi connectivity index (χ3v) is 4.94. The summed E-state index contributed by atoms with van der Waals surface area (Å²) in [5.74, 6) is -0.792. The van der Waals surface area contributed by atoms with Gasteiger partial charge < -0.3 is 10.0 Å². The molecule has 1 atom stereocenters. The first-order valence-electron chi connectivity index (χ1n) is 9.06. The number of hydrogen-bond acceptors (Lipinski definition) is 3. The first kappa shape index (κ1) is 18.6. The molecule has 4 heteroatoms. The van der Waals surface area contributed by atoms with Crippen molar-refractivity contribution in [1.29, 1.82) is 0 Å². The average molecular weight is 360 g/mol. The van der Waals surface area contributed by atoms with Gasteiger partial charge in [-0.25, -0.2) is 4.79 Å². The molecular weight excluding hydrogens is 336 g/mol. The fourth-order valence-corrected chi connectivity index (χ4v) is 3.28. The maximum absolute atomic E-state index is 11.8. The third kappa shape index (κ3) is 4.00. The molecule has 0 saturated heterocycles. The summed E-state index contributed by atoms with van der Waals surface area (Å²) < 4.78 is 0. The second-order valence-corrected chi connectivity index (χ2v) is 6.81. The molecule has 1 unspecified atom stereocenters. The van der Waals surface area contributed by atoms with E-state index >= 15 is 0 Å². The Morgan fingerprint density at radius 3 is 2.41 bits per heavy atom. The van der Waals surface area contributed by atoms with Crippen LogP contribution in [-0.4, -0.2) is 22.6 Å². The number of benzene rings is 2. The van der Waals surface area contributed by atoms with Crippen LogP contribution in [0.3, 0.4) is 0 Å². The topological polar surface area (TPSA) is 53.4 Å². The van der Waals surface area contributed by atoms with E-state index in [1.54, 1.807) is 18.3 Å². The summed E-state index contributed by atoms with van der Waals surface area (Å²) in [4.78, 5) is 18.4. The number of rotatable bonds is 6. The predicted molar refractivity (Wildman–Crippen MR) is 109 cm³/mol. The Kier molecular flexibility index (Phi) is 5.55. The number of carboxylic acid groups (broad SMARTS) is 1. The minimum absolute atomic E-state index is 0.132. The minimum Gasteiger partial charge on any atom is -0.478 e. The van der Waals surface area contributed by atoms with Gasteiger partial charge in [-0.3, -0.25) is 4.98 Å². The van der Waals surface area contributed by atoms with Gasteiger partial charge in [-0.2, -0.15) is 0 Å². The Bertz CT molecular complexity index is 938. The van der Waals surface area contributed by atoms with Crippen LogP contribution in [0.25, 0.3) is 0 Å². The van der Waals surface area contributed by atoms with Crippen LogP contribution in [-0.2, 0) is 0 Å². The third-order valence-electron chi connectivity index (χ3n) is 4.94. The number of carboxylic acids is 1. The van der Waals surface area contributed by atoms with Crippen molar-refractivity contribution in [2.75, 3.05) is 11.4 Å². The van der Waals surface area contributed by atoms with E-state index in [0.717, 1.165) is 16.9 Å². The van der Waals surface area contributed by atoms with Gasteiger partial charge in [0, 0.05) is 30.0 Å². The van der Waals surface area contributed by atoms with Crippen LogP contribution < -0.4 is 4.90 Å². The van der Waals surface area contributed by atoms with Gasteiger partial charge in [0.2, 0.25) is 0 Å². The lowest BCUT2D eigenvalue weighted by molar-refractivity contribution is 0.0697. The summed E-state index contributed by atoms with van der Waals surface area (Å²) >= 11 is 0. The zero-order valence-corrected chi connectivity index (χ0v) is 15.9. The molecule has 0 bridgehead atoms. The van der Waals surface area contributed by atoms with Crippen LogP contribution in [0.2, 0.25) is 0 Å². The van der Waals surface area contributed by atoms with Crippen molar-refractivity contribution in [3.8, 4) is 0 Å². The van der Waals surface area contributed by atoms with Crippen molar-refractivity contribution in [2.45, 2.75) is 26.7 Å². The van der Waals surface area contributed by atoms with E-state index in [-0.39, 0.29) is 5.92 Å². The smallest absolute Gasteiger partial charge is 0.337 e. The number of carbonyl (C=O) groups is 1. The first-order chi connectivity index (χ1) is 13.0. The number of aryl methyl sites for hydroxylation is 1. The number of aromatic carboxylic acids is 1. The highest BCUT2D eigenvalue weighted by Gasteiger charge is 2.22. The predicted octanol–water partition coefficient (Wildman–Crippen LogP) is 5.34. The van der Waals surface area contributed by atoms with Gasteiger partial charge in [0.05, 0.1) is 11.3 Å². The zero-order valence-electron chi connectivity index (χ0n) is 15.9. The largest absolute Gasteiger partial charge is 0.478 e. The molecule has 27 heavy (non-hydrogen) atoms. The molecule has 1 aromatic heterocycles. The lowest BCUT2D eigenvalue weighted by Crippen LogP contribution is -2.26. The average Bonchev–Trinajstić information content (AvgIpc) is 2.69. The van der Waals surface area contributed by atoms with E-state index < -0.39 is 5.97 Å². The molecule has 0 radical (unpaired) electrons. The molecule has 0 aliphatic rings. The number of anilines is 2. The molecule has 3 rings (SSSR count). The molecule has 2 aromatic carbocycles. The van der Waals surface area contributed by atoms with Gasteiger partial charge in [0.25, 0.3) is 0 Å². The molecule has 0 saturated carbocycles. The Labute approximate surface area is 160 Å². The van der Waals surface area contributed by atoms with Gasteiger partial charge in [-0.05, 0) is 55.3 Å². The van der Waals surface area contributed by atoms with Crippen LogP contribution in [0.15, 0.2) is 66.9 Å². The standard InChI is InChI=1S/C23H24N2O2/c1-16-9-8-13-21(18(16)3)25(15-17(2)20-11-6-7-14-24-20)22-12-5-4-10-19(22)23(26)27/h4-14,17H,15H2,1-3H3,(H,26,27). The lowest BCUT2D eigenvalue weighted by Gasteiger charge is -2.31. The van der Waals surface area contributed by atoms with E-state index in [0.29, 0.717) is 17.8 Å². The molecule has 0 amide bonds. The van der Waals surface area contributed by atoms with E-state index in [1.165, 1.54) is 5.56 Å². The molecule has 3 aromatic rings. The van der Waals surface area contributed by atoms with Gasteiger partial charge in [-0.15, -0.1) is 0 Å². The van der Waals surface area contributed by atoms with E-state index in [9.17, 15) is 9.90 Å². The highest BCUT2D eigenvalue weighted by molar-refractivity contribution is 5.95. The highest BCUT2D eigenvalue weighted by atomic mass is 16.4. The summed E-state index contributed by atoms with van der Waals surface area (Å²) in [6.07, 6.45) is 1.79. The molecule has 0 aliphatic carbocycles. The Morgan fingerprint density at radius 1 is 1.00 bits per heavy atom. The maximum atomic E-state index is 11.8. The summed E-state index contributed by atoms with van der Waals surface area (Å²) in [7, 11) is 0. The Balaban J connectivity index is 2.10. The van der Waals surface area contributed by atoms with Crippen molar-refractivity contribution in [3.05, 3.63) is 89.2 Å². The van der Waals surface area contributed by atoms with Gasteiger partial charge in [0.1, 0.15) is 0 Å². The first-order valence-corrected chi connectivity index (χ1v) is 9.06.